The lowest BCUT2D eigenvalue weighted by Gasteiger charge is -2.33. The van der Waals surface area contributed by atoms with Gasteiger partial charge in [0, 0.05) is 39.6 Å². The van der Waals surface area contributed by atoms with Gasteiger partial charge >= 0.3 is 6.03 Å². The van der Waals surface area contributed by atoms with Crippen molar-refractivity contribution in [2.24, 2.45) is 0 Å². The number of nitrogens with one attached hydrogen (secondary N) is 1. The van der Waals surface area contributed by atoms with Crippen molar-refractivity contribution < 1.29 is 9.59 Å². The summed E-state index contributed by atoms with van der Waals surface area (Å²) in [7, 11) is 3.47. The molecule has 0 spiro atoms. The zero-order valence-electron chi connectivity index (χ0n) is 14.3. The van der Waals surface area contributed by atoms with Gasteiger partial charge in [0.2, 0.25) is 5.91 Å². The summed E-state index contributed by atoms with van der Waals surface area (Å²) in [4.78, 5) is 27.4. The monoisotopic (exact) mass is 317 g/mol. The minimum Gasteiger partial charge on any atom is -0.343 e. The molecule has 0 radical (unpaired) electrons. The zero-order chi connectivity index (χ0) is 16.8. The standard InChI is InChI=1S/C18H27N3O2/c1-14-4-6-15(7-5-14)8-9-17(22)21-12-10-16(11-13-21)19-18(23)20(2)3/h4-7,16H,8-13H2,1-3H3,(H,19,23). The van der Waals surface area contributed by atoms with Crippen LogP contribution in [0.4, 0.5) is 4.79 Å². The number of piperidine rings is 1. The quantitative estimate of drug-likeness (QED) is 0.925. The van der Waals surface area contributed by atoms with Crippen molar-refractivity contribution in [3.63, 3.8) is 0 Å². The third-order valence-electron chi connectivity index (χ3n) is 4.33. The summed E-state index contributed by atoms with van der Waals surface area (Å²) < 4.78 is 0. The number of benzene rings is 1. The fourth-order valence-corrected chi connectivity index (χ4v) is 2.74. The molecule has 1 saturated heterocycles. The number of urea groups is 1. The first-order chi connectivity index (χ1) is 11.0. The molecule has 0 aromatic heterocycles. The van der Waals surface area contributed by atoms with Crippen molar-refractivity contribution >= 4 is 11.9 Å². The third kappa shape index (κ3) is 5.27. The largest absolute Gasteiger partial charge is 0.343 e. The number of amides is 3. The van der Waals surface area contributed by atoms with E-state index in [1.165, 1.54) is 11.1 Å². The van der Waals surface area contributed by atoms with Gasteiger partial charge in [-0.1, -0.05) is 29.8 Å². The normalized spacial score (nSPS) is 15.3. The molecule has 1 heterocycles. The first-order valence-electron chi connectivity index (χ1n) is 8.27. The van der Waals surface area contributed by atoms with Gasteiger partial charge in [-0.2, -0.15) is 0 Å². The van der Waals surface area contributed by atoms with Crippen LogP contribution < -0.4 is 5.32 Å². The van der Waals surface area contributed by atoms with Crippen molar-refractivity contribution in [2.75, 3.05) is 27.2 Å². The van der Waals surface area contributed by atoms with Crippen LogP contribution in [-0.2, 0) is 11.2 Å². The highest BCUT2D eigenvalue weighted by Gasteiger charge is 2.23. The van der Waals surface area contributed by atoms with Gasteiger partial charge in [0.25, 0.3) is 0 Å². The maximum absolute atomic E-state index is 12.3. The van der Waals surface area contributed by atoms with E-state index in [0.717, 1.165) is 32.4 Å². The third-order valence-corrected chi connectivity index (χ3v) is 4.33. The summed E-state index contributed by atoms with van der Waals surface area (Å²) in [5.41, 5.74) is 2.44. The van der Waals surface area contributed by atoms with E-state index in [-0.39, 0.29) is 18.0 Å². The first-order valence-corrected chi connectivity index (χ1v) is 8.27. The molecule has 126 valence electrons. The molecule has 0 aliphatic carbocycles. The molecule has 0 saturated carbocycles. The Bertz CT molecular complexity index is 532. The molecule has 3 amide bonds. The number of hydrogen-bond donors (Lipinski definition) is 1. The number of hydrogen-bond acceptors (Lipinski definition) is 2. The SMILES string of the molecule is Cc1ccc(CCC(=O)N2CCC(NC(=O)N(C)C)CC2)cc1. The Kier molecular flexibility index (Phi) is 6.02. The fraction of sp³-hybridized carbons (Fsp3) is 0.556. The number of likely N-dealkylation sites (tertiary alicyclic amines) is 1. The Labute approximate surface area is 138 Å². The molecule has 1 aliphatic heterocycles. The highest BCUT2D eigenvalue weighted by molar-refractivity contribution is 5.77. The Balaban J connectivity index is 1.73. The van der Waals surface area contributed by atoms with Gasteiger partial charge in [0.15, 0.2) is 0 Å². The molecule has 0 atom stereocenters. The van der Waals surface area contributed by atoms with Crippen LogP contribution in [0, 0.1) is 6.92 Å². The van der Waals surface area contributed by atoms with Crippen molar-refractivity contribution in [1.29, 1.82) is 0 Å². The second-order valence-corrected chi connectivity index (χ2v) is 6.48. The van der Waals surface area contributed by atoms with Crippen LogP contribution in [-0.4, -0.2) is 55.0 Å². The van der Waals surface area contributed by atoms with Crippen molar-refractivity contribution in [2.45, 2.75) is 38.6 Å². The maximum Gasteiger partial charge on any atom is 0.317 e. The van der Waals surface area contributed by atoms with Crippen molar-refractivity contribution in [3.05, 3.63) is 35.4 Å². The Morgan fingerprint density at radius 1 is 1.17 bits per heavy atom. The van der Waals surface area contributed by atoms with E-state index in [2.05, 4.69) is 36.5 Å². The van der Waals surface area contributed by atoms with Crippen LogP contribution in [0.3, 0.4) is 0 Å². The lowest BCUT2D eigenvalue weighted by Crippen LogP contribution is -2.48. The van der Waals surface area contributed by atoms with E-state index in [9.17, 15) is 9.59 Å². The van der Waals surface area contributed by atoms with E-state index < -0.39 is 0 Å². The van der Waals surface area contributed by atoms with Crippen LogP contribution >= 0.6 is 0 Å². The number of aryl methyl sites for hydroxylation is 2. The maximum atomic E-state index is 12.3. The predicted molar refractivity (Wildman–Crippen MR) is 91.3 cm³/mol. The topological polar surface area (TPSA) is 52.7 Å². The lowest BCUT2D eigenvalue weighted by molar-refractivity contribution is -0.132. The molecule has 1 N–H and O–H groups in total. The van der Waals surface area contributed by atoms with Gasteiger partial charge in [0.1, 0.15) is 0 Å². The van der Waals surface area contributed by atoms with Gasteiger partial charge in [-0.15, -0.1) is 0 Å². The fourth-order valence-electron chi connectivity index (χ4n) is 2.74. The van der Waals surface area contributed by atoms with Gasteiger partial charge < -0.3 is 15.1 Å². The van der Waals surface area contributed by atoms with Crippen LogP contribution in [0.5, 0.6) is 0 Å². The Hall–Kier alpha value is -2.04. The highest BCUT2D eigenvalue weighted by atomic mass is 16.2. The second kappa shape index (κ2) is 7.99. The number of carbonyl (C=O) groups is 2. The molecule has 1 fully saturated rings. The molecule has 5 heteroatoms. The van der Waals surface area contributed by atoms with Gasteiger partial charge in [-0.25, -0.2) is 4.79 Å². The molecule has 1 aliphatic rings. The first kappa shape index (κ1) is 17.3. The summed E-state index contributed by atoms with van der Waals surface area (Å²) in [6.07, 6.45) is 3.00. The predicted octanol–water partition coefficient (Wildman–Crippen LogP) is 2.19. The molecular weight excluding hydrogens is 290 g/mol. The molecule has 5 nitrogen and oxygen atoms in total. The van der Waals surface area contributed by atoms with E-state index in [1.807, 2.05) is 4.90 Å². The van der Waals surface area contributed by atoms with E-state index in [0.29, 0.717) is 6.42 Å². The summed E-state index contributed by atoms with van der Waals surface area (Å²) >= 11 is 0. The molecule has 1 aromatic carbocycles. The van der Waals surface area contributed by atoms with Gasteiger partial charge in [-0.05, 0) is 31.7 Å². The molecule has 23 heavy (non-hydrogen) atoms. The molecule has 1 aromatic rings. The van der Waals surface area contributed by atoms with E-state index in [1.54, 1.807) is 19.0 Å². The van der Waals surface area contributed by atoms with Gasteiger partial charge in [-0.3, -0.25) is 4.79 Å². The molecule has 0 bridgehead atoms. The summed E-state index contributed by atoms with van der Waals surface area (Å²) in [6.45, 7) is 3.52. The Morgan fingerprint density at radius 2 is 1.78 bits per heavy atom. The summed E-state index contributed by atoms with van der Waals surface area (Å²) in [6, 6.07) is 8.45. The van der Waals surface area contributed by atoms with Crippen LogP contribution in [0.2, 0.25) is 0 Å². The molecular formula is C18H27N3O2. The van der Waals surface area contributed by atoms with Crippen LogP contribution in [0.15, 0.2) is 24.3 Å². The van der Waals surface area contributed by atoms with Crippen molar-refractivity contribution in [3.8, 4) is 0 Å². The Morgan fingerprint density at radius 3 is 2.35 bits per heavy atom. The lowest BCUT2D eigenvalue weighted by atomic mass is 10.0. The summed E-state index contributed by atoms with van der Waals surface area (Å²) in [5.74, 6) is 0.211. The number of carbonyl (C=O) groups excluding carboxylic acids is 2. The number of rotatable bonds is 4. The average Bonchev–Trinajstić information content (AvgIpc) is 2.54. The molecule has 0 unspecified atom stereocenters. The van der Waals surface area contributed by atoms with Crippen LogP contribution in [0.1, 0.15) is 30.4 Å². The van der Waals surface area contributed by atoms with Crippen molar-refractivity contribution in [1.82, 2.24) is 15.1 Å². The van der Waals surface area contributed by atoms with E-state index >= 15 is 0 Å². The highest BCUT2D eigenvalue weighted by Crippen LogP contribution is 2.13. The summed E-state index contributed by atoms with van der Waals surface area (Å²) in [5, 5.41) is 2.99. The van der Waals surface area contributed by atoms with E-state index in [4.69, 9.17) is 0 Å². The average molecular weight is 317 g/mol. The van der Waals surface area contributed by atoms with Gasteiger partial charge in [0.05, 0.1) is 0 Å². The van der Waals surface area contributed by atoms with Crippen LogP contribution in [0.25, 0.3) is 0 Å². The smallest absolute Gasteiger partial charge is 0.317 e. The number of nitrogens with zero attached hydrogens (tertiary/aromatic N) is 2. The zero-order valence-corrected chi connectivity index (χ0v) is 14.3. The molecule has 2 rings (SSSR count). The second-order valence-electron chi connectivity index (χ2n) is 6.48. The minimum absolute atomic E-state index is 0.0610. The minimum atomic E-state index is -0.0610.